The zero-order chi connectivity index (χ0) is 22.5. The molecule has 1 aliphatic carbocycles. The molecule has 170 valence electrons. The molecule has 1 heterocycles. The van der Waals surface area contributed by atoms with Crippen molar-refractivity contribution in [3.05, 3.63) is 59.9 Å². The molecule has 0 bridgehead atoms. The number of imidazole rings is 1. The number of hydrogen-bond acceptors (Lipinski definition) is 3. The van der Waals surface area contributed by atoms with Crippen molar-refractivity contribution in [2.75, 3.05) is 13.7 Å². The third-order valence-corrected chi connectivity index (χ3v) is 6.54. The maximum atomic E-state index is 13.5. The van der Waals surface area contributed by atoms with E-state index in [2.05, 4.69) is 36.6 Å². The minimum Gasteiger partial charge on any atom is -0.497 e. The number of para-hydroxylation sites is 2. The summed E-state index contributed by atoms with van der Waals surface area (Å²) in [6.45, 7) is 5.65. The van der Waals surface area contributed by atoms with Crippen molar-refractivity contribution in [1.82, 2.24) is 14.5 Å². The fourth-order valence-corrected chi connectivity index (χ4v) is 4.71. The van der Waals surface area contributed by atoms with Gasteiger partial charge in [-0.1, -0.05) is 45.2 Å². The fourth-order valence-electron chi connectivity index (χ4n) is 4.71. The smallest absolute Gasteiger partial charge is 0.254 e. The van der Waals surface area contributed by atoms with Crippen LogP contribution in [0.1, 0.15) is 74.6 Å². The van der Waals surface area contributed by atoms with Crippen LogP contribution in [0, 0.1) is 5.92 Å². The molecule has 4 rings (SSSR count). The number of aromatic nitrogens is 2. The number of fused-ring (bicyclic) bond motifs is 1. The van der Waals surface area contributed by atoms with Gasteiger partial charge in [0.2, 0.25) is 0 Å². The highest BCUT2D eigenvalue weighted by Crippen LogP contribution is 2.33. The zero-order valence-electron chi connectivity index (χ0n) is 19.6. The second kappa shape index (κ2) is 10.2. The van der Waals surface area contributed by atoms with Crippen molar-refractivity contribution in [2.45, 2.75) is 65.0 Å². The molecule has 5 heteroatoms. The molecule has 3 aromatic rings. The number of benzene rings is 2. The van der Waals surface area contributed by atoms with Gasteiger partial charge in [0, 0.05) is 18.2 Å². The van der Waals surface area contributed by atoms with Gasteiger partial charge < -0.3 is 14.2 Å². The van der Waals surface area contributed by atoms with Crippen LogP contribution in [-0.4, -0.2) is 34.0 Å². The van der Waals surface area contributed by atoms with Gasteiger partial charge in [-0.3, -0.25) is 4.79 Å². The van der Waals surface area contributed by atoms with E-state index in [1.807, 2.05) is 35.2 Å². The first kappa shape index (κ1) is 22.4. The third-order valence-electron chi connectivity index (χ3n) is 6.54. The summed E-state index contributed by atoms with van der Waals surface area (Å²) >= 11 is 0. The topological polar surface area (TPSA) is 47.4 Å². The molecule has 1 fully saturated rings. The largest absolute Gasteiger partial charge is 0.497 e. The lowest BCUT2D eigenvalue weighted by Crippen LogP contribution is -2.33. The third kappa shape index (κ3) is 4.98. The summed E-state index contributed by atoms with van der Waals surface area (Å²) in [6, 6.07) is 16.3. The number of carbonyl (C=O) groups is 1. The highest BCUT2D eigenvalue weighted by Gasteiger charge is 2.24. The van der Waals surface area contributed by atoms with Crippen LogP contribution in [0.25, 0.3) is 11.0 Å². The van der Waals surface area contributed by atoms with Crippen LogP contribution in [0.2, 0.25) is 0 Å². The van der Waals surface area contributed by atoms with E-state index >= 15 is 0 Å². The van der Waals surface area contributed by atoms with E-state index in [9.17, 15) is 4.79 Å². The fraction of sp³-hybridized carbons (Fsp3) is 0.481. The van der Waals surface area contributed by atoms with Crippen molar-refractivity contribution in [1.29, 1.82) is 0 Å². The first-order valence-electron chi connectivity index (χ1n) is 12.0. The van der Waals surface area contributed by atoms with E-state index < -0.39 is 0 Å². The Bertz CT molecular complexity index is 1030. The molecule has 5 nitrogen and oxygen atoms in total. The van der Waals surface area contributed by atoms with E-state index in [1.54, 1.807) is 7.11 Å². The van der Waals surface area contributed by atoms with E-state index in [4.69, 9.17) is 9.72 Å². The average Bonchev–Trinajstić information content (AvgIpc) is 3.19. The number of carbonyl (C=O) groups excluding carboxylic acids is 1. The van der Waals surface area contributed by atoms with Crippen LogP contribution in [0.4, 0.5) is 0 Å². The number of nitrogens with zero attached hydrogens (tertiary/aromatic N) is 3. The van der Waals surface area contributed by atoms with Crippen LogP contribution in [0.3, 0.4) is 0 Å². The number of ether oxygens (including phenoxy) is 1. The van der Waals surface area contributed by atoms with Gasteiger partial charge >= 0.3 is 0 Å². The molecule has 1 aromatic heterocycles. The van der Waals surface area contributed by atoms with Gasteiger partial charge in [-0.2, -0.15) is 0 Å². The molecule has 2 aromatic carbocycles. The van der Waals surface area contributed by atoms with Gasteiger partial charge in [0.05, 0.1) is 24.7 Å². The molecule has 1 amide bonds. The minimum atomic E-state index is 0.0514. The normalized spacial score (nSPS) is 14.8. The Morgan fingerprint density at radius 1 is 1.09 bits per heavy atom. The van der Waals surface area contributed by atoms with Crippen LogP contribution in [-0.2, 0) is 6.54 Å². The standard InChI is InChI=1S/C27H35N3O2/c1-20(2)17-18-29(27(31)21-13-15-23(32-3)16-14-21)19-26-28-24-11-7-8-12-25(24)30(26)22-9-5-4-6-10-22/h7-8,11-16,20,22H,4-6,9-10,17-19H2,1-3H3. The van der Waals surface area contributed by atoms with Crippen molar-refractivity contribution >= 4 is 16.9 Å². The molecule has 0 aliphatic heterocycles. The number of hydrogen-bond donors (Lipinski definition) is 0. The second-order valence-electron chi connectivity index (χ2n) is 9.32. The van der Waals surface area contributed by atoms with Gasteiger partial charge in [-0.25, -0.2) is 4.98 Å². The molecular formula is C27H35N3O2. The van der Waals surface area contributed by atoms with E-state index in [0.717, 1.165) is 30.1 Å². The number of rotatable bonds is 8. The van der Waals surface area contributed by atoms with Crippen molar-refractivity contribution in [2.24, 2.45) is 5.92 Å². The van der Waals surface area contributed by atoms with Gasteiger partial charge in [0.15, 0.2) is 0 Å². The van der Waals surface area contributed by atoms with Gasteiger partial charge in [0.1, 0.15) is 11.6 Å². The van der Waals surface area contributed by atoms with Crippen LogP contribution < -0.4 is 4.74 Å². The van der Waals surface area contributed by atoms with E-state index in [-0.39, 0.29) is 5.91 Å². The maximum Gasteiger partial charge on any atom is 0.254 e. The van der Waals surface area contributed by atoms with Gasteiger partial charge in [-0.05, 0) is 61.6 Å². The Morgan fingerprint density at radius 3 is 2.50 bits per heavy atom. The SMILES string of the molecule is COc1ccc(C(=O)N(CCC(C)C)Cc2nc3ccccc3n2C2CCCCC2)cc1. The molecule has 1 aliphatic rings. The quantitative estimate of drug-likeness (QED) is 0.422. The molecule has 0 N–H and O–H groups in total. The lowest BCUT2D eigenvalue weighted by molar-refractivity contribution is 0.0728. The summed E-state index contributed by atoms with van der Waals surface area (Å²) in [4.78, 5) is 20.5. The van der Waals surface area contributed by atoms with E-state index in [1.165, 1.54) is 37.6 Å². The Kier molecular flexibility index (Phi) is 7.13. The summed E-state index contributed by atoms with van der Waals surface area (Å²) < 4.78 is 7.69. The molecule has 1 saturated carbocycles. The lowest BCUT2D eigenvalue weighted by Gasteiger charge is -2.28. The Morgan fingerprint density at radius 2 is 1.81 bits per heavy atom. The van der Waals surface area contributed by atoms with Crippen molar-refractivity contribution in [3.63, 3.8) is 0 Å². The lowest BCUT2D eigenvalue weighted by atomic mass is 9.95. The summed E-state index contributed by atoms with van der Waals surface area (Å²) in [6.07, 6.45) is 7.18. The van der Waals surface area contributed by atoms with Crippen molar-refractivity contribution < 1.29 is 9.53 Å². The zero-order valence-corrected chi connectivity index (χ0v) is 19.6. The molecule has 0 atom stereocenters. The van der Waals surface area contributed by atoms with Crippen molar-refractivity contribution in [3.8, 4) is 5.75 Å². The van der Waals surface area contributed by atoms with E-state index in [0.29, 0.717) is 24.1 Å². The number of amides is 1. The summed E-state index contributed by atoms with van der Waals surface area (Å²) in [5.74, 6) is 2.34. The maximum absolute atomic E-state index is 13.5. The monoisotopic (exact) mass is 433 g/mol. The Labute approximate surface area is 191 Å². The first-order chi connectivity index (χ1) is 15.6. The summed E-state index contributed by atoms with van der Waals surface area (Å²) in [7, 11) is 1.64. The summed E-state index contributed by atoms with van der Waals surface area (Å²) in [5.41, 5.74) is 2.90. The second-order valence-corrected chi connectivity index (χ2v) is 9.32. The molecule has 0 unspecified atom stereocenters. The minimum absolute atomic E-state index is 0.0514. The number of methoxy groups -OCH3 is 1. The highest BCUT2D eigenvalue weighted by molar-refractivity contribution is 5.94. The summed E-state index contributed by atoms with van der Waals surface area (Å²) in [5, 5.41) is 0. The predicted octanol–water partition coefficient (Wildman–Crippen LogP) is 6.24. The Balaban J connectivity index is 1.67. The van der Waals surface area contributed by atoms with Gasteiger partial charge in [-0.15, -0.1) is 0 Å². The van der Waals surface area contributed by atoms with Crippen LogP contribution in [0.5, 0.6) is 5.75 Å². The highest BCUT2D eigenvalue weighted by atomic mass is 16.5. The predicted molar refractivity (Wildman–Crippen MR) is 129 cm³/mol. The molecular weight excluding hydrogens is 398 g/mol. The molecule has 32 heavy (non-hydrogen) atoms. The molecule has 0 radical (unpaired) electrons. The average molecular weight is 434 g/mol. The molecule has 0 saturated heterocycles. The molecule has 0 spiro atoms. The Hall–Kier alpha value is -2.82. The van der Waals surface area contributed by atoms with Crippen LogP contribution in [0.15, 0.2) is 48.5 Å². The van der Waals surface area contributed by atoms with Gasteiger partial charge in [0.25, 0.3) is 5.91 Å². The first-order valence-corrected chi connectivity index (χ1v) is 12.0. The van der Waals surface area contributed by atoms with Crippen LogP contribution >= 0.6 is 0 Å².